The number of halogens is 5. The van der Waals surface area contributed by atoms with Gasteiger partial charge in [0.15, 0.2) is 0 Å². The third kappa shape index (κ3) is 3.96. The molecule has 0 aliphatic heterocycles. The van der Waals surface area contributed by atoms with Gasteiger partial charge in [0.2, 0.25) is 0 Å². The van der Waals surface area contributed by atoms with Crippen molar-refractivity contribution in [2.24, 2.45) is 0 Å². The van der Waals surface area contributed by atoms with Crippen LogP contribution in [0, 0.1) is 13.8 Å². The minimum absolute atomic E-state index is 0.0358. The van der Waals surface area contributed by atoms with Crippen LogP contribution >= 0.6 is 22.2 Å². The molecular weight excluding hydrogens is 375 g/mol. The third-order valence-electron chi connectivity index (χ3n) is 3.10. The van der Waals surface area contributed by atoms with E-state index in [0.717, 1.165) is 24.1 Å². The minimum Gasteiger partial charge on any atom is -0.478 e. The Morgan fingerprint density at radius 3 is 2.08 bits per heavy atom. The summed E-state index contributed by atoms with van der Waals surface area (Å²) >= 11 is 0.866. The maximum Gasteiger partial charge on any atom is 0.338 e. The molecule has 3 N–H and O–H groups in total. The molecule has 0 bridgehead atoms. The minimum atomic E-state index is -9.70. The normalized spacial score (nSPS) is 14.8. The summed E-state index contributed by atoms with van der Waals surface area (Å²) in [6.07, 6.45) is 0. The largest absolute Gasteiger partial charge is 0.478 e. The van der Waals surface area contributed by atoms with Crippen molar-refractivity contribution in [3.8, 4) is 0 Å². The lowest BCUT2D eigenvalue weighted by molar-refractivity contribution is 0.0692. The van der Waals surface area contributed by atoms with E-state index >= 15 is 0 Å². The second-order valence-electron chi connectivity index (χ2n) is 5.08. The average Bonchev–Trinajstić information content (AvgIpc) is 2.68. The molecule has 1 aromatic heterocycles. The second kappa shape index (κ2) is 5.06. The molecule has 134 valence electrons. The summed E-state index contributed by atoms with van der Waals surface area (Å²) < 4.78 is 65.8. The summed E-state index contributed by atoms with van der Waals surface area (Å²) in [6.45, 7) is 3.21. The number of aromatic carboxylic acids is 1. The van der Waals surface area contributed by atoms with Crippen molar-refractivity contribution in [1.82, 2.24) is 4.98 Å². The van der Waals surface area contributed by atoms with Crippen molar-refractivity contribution >= 4 is 33.8 Å². The highest BCUT2D eigenvalue weighted by atomic mass is 32.5. The van der Waals surface area contributed by atoms with E-state index in [1.165, 1.54) is 0 Å². The van der Waals surface area contributed by atoms with E-state index in [2.05, 4.69) is 9.71 Å². The van der Waals surface area contributed by atoms with Crippen molar-refractivity contribution in [1.29, 1.82) is 0 Å². The van der Waals surface area contributed by atoms with Crippen molar-refractivity contribution in [2.45, 2.75) is 23.6 Å². The topological polar surface area (TPSA) is 65.1 Å². The SMILES string of the molecule is Cc1[nH]c(C)c(C(=O)O)c1SNc1ccc(S(F)(F)(F)(F)F)cc1. The van der Waals surface area contributed by atoms with Crippen LogP contribution in [0.1, 0.15) is 21.7 Å². The summed E-state index contributed by atoms with van der Waals surface area (Å²) in [6, 6.07) is 2.29. The summed E-state index contributed by atoms with van der Waals surface area (Å²) in [5, 5.41) is 9.17. The van der Waals surface area contributed by atoms with Gasteiger partial charge in [0, 0.05) is 17.1 Å². The highest BCUT2D eigenvalue weighted by Crippen LogP contribution is 3.02. The molecule has 0 unspecified atom stereocenters. The van der Waals surface area contributed by atoms with Crippen molar-refractivity contribution in [3.63, 3.8) is 0 Å². The number of carboxylic acids is 1. The number of benzene rings is 1. The fraction of sp³-hybridized carbons (Fsp3) is 0.154. The van der Waals surface area contributed by atoms with E-state index in [4.69, 9.17) is 0 Å². The maximum atomic E-state index is 12.6. The Balaban J connectivity index is 2.22. The molecule has 0 aliphatic carbocycles. The second-order valence-corrected chi connectivity index (χ2v) is 8.31. The van der Waals surface area contributed by atoms with Crippen LogP contribution in [0.5, 0.6) is 0 Å². The molecule has 0 fully saturated rings. The highest BCUT2D eigenvalue weighted by Gasteiger charge is 2.65. The zero-order valence-corrected chi connectivity index (χ0v) is 14.0. The summed E-state index contributed by atoms with van der Waals surface area (Å²) in [5.74, 6) is -1.16. The number of rotatable bonds is 5. The van der Waals surface area contributed by atoms with Crippen molar-refractivity contribution in [2.75, 3.05) is 4.72 Å². The van der Waals surface area contributed by atoms with Gasteiger partial charge in [-0.15, -0.1) is 0 Å². The number of nitrogens with one attached hydrogen (secondary N) is 2. The Labute approximate surface area is 138 Å². The first kappa shape index (κ1) is 18.5. The monoisotopic (exact) mass is 388 g/mol. The zero-order chi connectivity index (χ0) is 18.4. The Morgan fingerprint density at radius 2 is 1.62 bits per heavy atom. The molecule has 0 saturated heterocycles. The molecule has 2 aromatic rings. The van der Waals surface area contributed by atoms with E-state index in [-0.39, 0.29) is 23.4 Å². The van der Waals surface area contributed by atoms with Gasteiger partial charge < -0.3 is 14.8 Å². The predicted octanol–water partition coefficient (Wildman–Crippen LogP) is 6.11. The zero-order valence-electron chi connectivity index (χ0n) is 12.4. The number of aryl methyl sites for hydroxylation is 2. The standard InChI is InChI=1S/C13H13F5N2O2S2/c1-7-11(13(21)22)12(8(2)19-7)23-20-9-3-5-10(6-4-9)24(14,15,16,17)18/h3-6,19-20H,1-2H3,(H,21,22). The quantitative estimate of drug-likeness (QED) is 0.427. The molecule has 0 saturated carbocycles. The number of aromatic amines is 1. The fourth-order valence-electron chi connectivity index (χ4n) is 2.03. The average molecular weight is 388 g/mol. The molecule has 2 rings (SSSR count). The van der Waals surface area contributed by atoms with E-state index in [0.29, 0.717) is 16.3 Å². The van der Waals surface area contributed by atoms with Crippen molar-refractivity contribution in [3.05, 3.63) is 41.2 Å². The van der Waals surface area contributed by atoms with Crippen LogP contribution in [0.4, 0.5) is 25.1 Å². The number of carboxylic acid groups (broad SMARTS) is 1. The van der Waals surface area contributed by atoms with Crippen LogP contribution in [0.15, 0.2) is 34.1 Å². The van der Waals surface area contributed by atoms with Gasteiger partial charge in [0.05, 0.1) is 10.5 Å². The van der Waals surface area contributed by atoms with E-state index < -0.39 is 21.1 Å². The van der Waals surface area contributed by atoms with Gasteiger partial charge in [-0.2, -0.15) is 0 Å². The van der Waals surface area contributed by atoms with Gasteiger partial charge in [-0.1, -0.05) is 19.4 Å². The van der Waals surface area contributed by atoms with Gasteiger partial charge in [-0.3, -0.25) is 0 Å². The fourth-order valence-corrected chi connectivity index (χ4v) is 3.59. The van der Waals surface area contributed by atoms with Crippen LogP contribution in [0.2, 0.25) is 0 Å². The summed E-state index contributed by atoms with van der Waals surface area (Å²) in [4.78, 5) is 12.5. The number of H-pyrrole nitrogens is 1. The van der Waals surface area contributed by atoms with Gasteiger partial charge in [-0.25, -0.2) is 4.79 Å². The Hall–Kier alpha value is -1.88. The van der Waals surface area contributed by atoms with Crippen LogP contribution in [0.3, 0.4) is 0 Å². The van der Waals surface area contributed by atoms with Gasteiger partial charge in [0.25, 0.3) is 0 Å². The van der Waals surface area contributed by atoms with Crippen LogP contribution in [-0.2, 0) is 0 Å². The number of hydrogen-bond acceptors (Lipinski definition) is 3. The molecular formula is C13H13F5N2O2S2. The van der Waals surface area contributed by atoms with Gasteiger partial charge in [0.1, 0.15) is 4.90 Å². The Kier molecular flexibility index (Phi) is 3.89. The first-order valence-electron chi connectivity index (χ1n) is 6.38. The highest BCUT2D eigenvalue weighted by molar-refractivity contribution is 8.45. The first-order valence-corrected chi connectivity index (χ1v) is 9.15. The van der Waals surface area contributed by atoms with E-state index in [1.54, 1.807) is 13.8 Å². The smallest absolute Gasteiger partial charge is 0.338 e. The Bertz CT molecular complexity index is 801. The molecule has 0 spiro atoms. The van der Waals surface area contributed by atoms with Crippen molar-refractivity contribution < 1.29 is 29.3 Å². The molecule has 0 radical (unpaired) electrons. The number of anilines is 1. The molecule has 0 atom stereocenters. The molecule has 1 aromatic carbocycles. The van der Waals surface area contributed by atoms with Crippen LogP contribution in [-0.4, -0.2) is 16.1 Å². The summed E-state index contributed by atoms with van der Waals surface area (Å²) in [5.41, 5.74) is 1.15. The number of carbonyl (C=O) groups is 1. The lowest BCUT2D eigenvalue weighted by Gasteiger charge is -2.40. The lowest BCUT2D eigenvalue weighted by atomic mass is 10.2. The first-order chi connectivity index (χ1) is 10.7. The van der Waals surface area contributed by atoms with Gasteiger partial charge in [-0.05, 0) is 50.1 Å². The molecule has 24 heavy (non-hydrogen) atoms. The number of aromatic nitrogens is 1. The van der Waals surface area contributed by atoms with Gasteiger partial charge >= 0.3 is 16.2 Å². The predicted molar refractivity (Wildman–Crippen MR) is 84.5 cm³/mol. The molecule has 0 amide bonds. The summed E-state index contributed by atoms with van der Waals surface area (Å²) in [7, 11) is -9.70. The molecule has 4 nitrogen and oxygen atoms in total. The molecule has 0 aliphatic rings. The lowest BCUT2D eigenvalue weighted by Crippen LogP contribution is -2.05. The van der Waals surface area contributed by atoms with Crippen LogP contribution in [0.25, 0.3) is 0 Å². The Morgan fingerprint density at radius 1 is 1.08 bits per heavy atom. The van der Waals surface area contributed by atoms with Crippen LogP contribution < -0.4 is 4.72 Å². The molecule has 11 heteroatoms. The number of hydrogen-bond donors (Lipinski definition) is 3. The van der Waals surface area contributed by atoms with E-state index in [1.807, 2.05) is 0 Å². The molecule has 1 heterocycles. The third-order valence-corrected chi connectivity index (χ3v) is 5.32. The van der Waals surface area contributed by atoms with E-state index in [9.17, 15) is 29.3 Å². The maximum absolute atomic E-state index is 12.6.